The Morgan fingerprint density at radius 1 is 0.660 bits per heavy atom. The number of nitrogens with zero attached hydrogens (tertiary/aromatic N) is 4. The molecule has 8 rings (SSSR count). The largest absolute Gasteiger partial charge is 0.278 e. The molecule has 1 aliphatic heterocycles. The molecular formula is C45H32N4O4. The molecule has 8 heteroatoms. The molecule has 0 radical (unpaired) electrons. The molecule has 7 aromatic rings. The van der Waals surface area contributed by atoms with Gasteiger partial charge in [-0.05, 0) is 91.1 Å². The summed E-state index contributed by atoms with van der Waals surface area (Å²) < 4.78 is 0. The molecule has 4 amide bonds. The molecule has 0 spiro atoms. The third-order valence-corrected chi connectivity index (χ3v) is 11.0. The second-order valence-electron chi connectivity index (χ2n) is 14.0. The average molecular weight is 693 g/mol. The van der Waals surface area contributed by atoms with E-state index in [2.05, 4.69) is 12.1 Å². The highest BCUT2D eigenvalue weighted by Gasteiger charge is 2.39. The Balaban J connectivity index is 1.41. The van der Waals surface area contributed by atoms with Crippen molar-refractivity contribution < 1.29 is 19.2 Å². The van der Waals surface area contributed by atoms with Gasteiger partial charge in [-0.25, -0.2) is 0 Å². The molecule has 8 nitrogen and oxygen atoms in total. The van der Waals surface area contributed by atoms with Crippen molar-refractivity contribution >= 4 is 67.2 Å². The van der Waals surface area contributed by atoms with Crippen LogP contribution in [0.25, 0.3) is 43.1 Å². The summed E-state index contributed by atoms with van der Waals surface area (Å²) in [4.78, 5) is 58.1. The fourth-order valence-corrected chi connectivity index (χ4v) is 8.13. The molecule has 0 saturated carbocycles. The van der Waals surface area contributed by atoms with E-state index in [4.69, 9.17) is 0 Å². The number of carbonyl (C=O) groups excluding carboxylic acids is 4. The van der Waals surface area contributed by atoms with Crippen molar-refractivity contribution in [2.75, 3.05) is 0 Å². The summed E-state index contributed by atoms with van der Waals surface area (Å²) in [6.07, 6.45) is 0.520. The third-order valence-electron chi connectivity index (χ3n) is 11.0. The highest BCUT2D eigenvalue weighted by molar-refractivity contribution is 6.40. The predicted molar refractivity (Wildman–Crippen MR) is 204 cm³/mol. The van der Waals surface area contributed by atoms with Crippen molar-refractivity contribution in [3.63, 3.8) is 0 Å². The van der Waals surface area contributed by atoms with E-state index in [0.29, 0.717) is 55.1 Å². The van der Waals surface area contributed by atoms with Gasteiger partial charge in [0.25, 0.3) is 17.7 Å². The van der Waals surface area contributed by atoms with Gasteiger partial charge in [-0.2, -0.15) is 10.5 Å². The van der Waals surface area contributed by atoms with E-state index in [0.717, 1.165) is 32.7 Å². The summed E-state index contributed by atoms with van der Waals surface area (Å²) in [5.74, 6) is -1.52. The molecule has 1 aliphatic rings. The van der Waals surface area contributed by atoms with E-state index in [9.17, 15) is 29.7 Å². The van der Waals surface area contributed by atoms with Crippen LogP contribution < -0.4 is 0 Å². The maximum atomic E-state index is 14.4. The van der Waals surface area contributed by atoms with Crippen LogP contribution in [0, 0.1) is 43.4 Å². The maximum Gasteiger partial charge on any atom is 0.262 e. The van der Waals surface area contributed by atoms with Crippen LogP contribution in [0.1, 0.15) is 95.9 Å². The Kier molecular flexibility index (Phi) is 7.60. The van der Waals surface area contributed by atoms with Crippen molar-refractivity contribution in [3.05, 3.63) is 141 Å². The summed E-state index contributed by atoms with van der Waals surface area (Å²) in [6.45, 7) is 9.38. The second-order valence-corrected chi connectivity index (χ2v) is 14.0. The molecule has 1 heterocycles. The maximum absolute atomic E-state index is 14.4. The minimum atomic E-state index is -0.595. The lowest BCUT2D eigenvalue weighted by Gasteiger charge is -2.33. The van der Waals surface area contributed by atoms with E-state index >= 15 is 0 Å². The standard InChI is InChI=1S/C45H32N4O4/c1-23-6-11-28(12-7-23)26(4)48(22-50)43(51)35-18-30(20-46)38-33-16-17-34-40-36(45(53)49(44(34)52)27(5)29-13-8-24(2)9-14-29)19-31(21-47)39(42(33)40)32-15-10-25(3)37(35)41(32)38/h6-19,22,26-27H,1-5H3. The molecule has 2 unspecified atom stereocenters. The third kappa shape index (κ3) is 4.73. The van der Waals surface area contributed by atoms with Gasteiger partial charge >= 0.3 is 0 Å². The minimum Gasteiger partial charge on any atom is -0.278 e. The molecule has 0 bridgehead atoms. The highest BCUT2D eigenvalue weighted by atomic mass is 16.2. The minimum absolute atomic E-state index is 0.185. The lowest BCUT2D eigenvalue weighted by Crippen LogP contribution is -2.42. The Morgan fingerprint density at radius 2 is 1.19 bits per heavy atom. The first-order chi connectivity index (χ1) is 25.5. The van der Waals surface area contributed by atoms with Gasteiger partial charge in [0.2, 0.25) is 6.41 Å². The van der Waals surface area contributed by atoms with Gasteiger partial charge in [0, 0.05) is 32.7 Å². The van der Waals surface area contributed by atoms with E-state index in [1.165, 1.54) is 11.0 Å². The van der Waals surface area contributed by atoms with Crippen LogP contribution in [-0.2, 0) is 4.79 Å². The van der Waals surface area contributed by atoms with Crippen LogP contribution in [0.2, 0.25) is 0 Å². The number of hydrogen-bond donors (Lipinski definition) is 0. The molecular weight excluding hydrogens is 661 g/mol. The zero-order valence-corrected chi connectivity index (χ0v) is 29.7. The molecule has 7 aromatic carbocycles. The molecule has 2 atom stereocenters. The monoisotopic (exact) mass is 692 g/mol. The number of rotatable bonds is 6. The first kappa shape index (κ1) is 33.3. The number of carbonyl (C=O) groups is 4. The SMILES string of the molecule is Cc1ccc(C(C)N(C=O)C(=O)c2cc(C#N)c3c4ccc5c6c(cc(C#N)c(c7ccc(C)c2c73)c64)C(=O)N(C(C)c2ccc(C)cc2)C5=O)cc1. The predicted octanol–water partition coefficient (Wildman–Crippen LogP) is 9.12. The van der Waals surface area contributed by atoms with E-state index in [1.54, 1.807) is 25.1 Å². The zero-order valence-electron chi connectivity index (χ0n) is 29.7. The molecule has 0 saturated heterocycles. The van der Waals surface area contributed by atoms with Crippen molar-refractivity contribution in [1.29, 1.82) is 10.5 Å². The second kappa shape index (κ2) is 12.1. The Labute approximate surface area is 305 Å². The highest BCUT2D eigenvalue weighted by Crippen LogP contribution is 2.48. The first-order valence-corrected chi connectivity index (χ1v) is 17.3. The van der Waals surface area contributed by atoms with Crippen molar-refractivity contribution in [2.24, 2.45) is 0 Å². The number of imide groups is 2. The molecule has 0 N–H and O–H groups in total. The fraction of sp³-hybridized carbons (Fsp3) is 0.156. The normalized spacial score (nSPS) is 13.8. The van der Waals surface area contributed by atoms with E-state index < -0.39 is 29.8 Å². The van der Waals surface area contributed by atoms with Crippen LogP contribution in [0.5, 0.6) is 0 Å². The van der Waals surface area contributed by atoms with Gasteiger partial charge in [0.05, 0.1) is 40.9 Å². The summed E-state index contributed by atoms with van der Waals surface area (Å²) >= 11 is 0. The number of nitriles is 2. The lowest BCUT2D eigenvalue weighted by molar-refractivity contribution is -0.117. The summed E-state index contributed by atoms with van der Waals surface area (Å²) in [7, 11) is 0. The number of amides is 4. The van der Waals surface area contributed by atoms with Gasteiger partial charge < -0.3 is 0 Å². The molecule has 53 heavy (non-hydrogen) atoms. The Hall–Kier alpha value is -6.90. The van der Waals surface area contributed by atoms with E-state index in [1.807, 2.05) is 88.4 Å². The van der Waals surface area contributed by atoms with Crippen LogP contribution >= 0.6 is 0 Å². The van der Waals surface area contributed by atoms with Gasteiger partial charge in [-0.1, -0.05) is 77.9 Å². The smallest absolute Gasteiger partial charge is 0.262 e. The summed E-state index contributed by atoms with van der Waals surface area (Å²) in [5, 5.41) is 25.7. The topological polar surface area (TPSA) is 122 Å². The van der Waals surface area contributed by atoms with E-state index in [-0.39, 0.29) is 22.3 Å². The lowest BCUT2D eigenvalue weighted by atomic mass is 9.80. The molecule has 0 aromatic heterocycles. The number of aryl methyl sites for hydroxylation is 3. The fourth-order valence-electron chi connectivity index (χ4n) is 8.13. The van der Waals surface area contributed by atoms with Crippen LogP contribution in [0.4, 0.5) is 0 Å². The van der Waals surface area contributed by atoms with Crippen molar-refractivity contribution in [1.82, 2.24) is 9.80 Å². The molecule has 0 fully saturated rings. The van der Waals surface area contributed by atoms with Crippen molar-refractivity contribution in [3.8, 4) is 12.1 Å². The number of benzene rings is 7. The first-order valence-electron chi connectivity index (χ1n) is 17.3. The molecule has 0 aliphatic carbocycles. The van der Waals surface area contributed by atoms with Gasteiger partial charge in [-0.3, -0.25) is 29.0 Å². The molecule has 256 valence electrons. The van der Waals surface area contributed by atoms with Gasteiger partial charge in [-0.15, -0.1) is 0 Å². The quantitative estimate of drug-likeness (QED) is 0.0742. The van der Waals surface area contributed by atoms with Crippen LogP contribution in [0.15, 0.2) is 84.9 Å². The van der Waals surface area contributed by atoms with Crippen LogP contribution in [-0.4, -0.2) is 33.9 Å². The number of fused-ring (bicyclic) bond motifs is 2. The Bertz CT molecular complexity index is 2840. The summed E-state index contributed by atoms with van der Waals surface area (Å²) in [6, 6.07) is 28.9. The number of hydrogen-bond acceptors (Lipinski definition) is 6. The zero-order chi connectivity index (χ0) is 37.5. The Morgan fingerprint density at radius 3 is 1.77 bits per heavy atom. The van der Waals surface area contributed by atoms with Gasteiger partial charge in [0.1, 0.15) is 0 Å². The summed E-state index contributed by atoms with van der Waals surface area (Å²) in [5.41, 5.74) is 5.58. The van der Waals surface area contributed by atoms with Crippen molar-refractivity contribution in [2.45, 2.75) is 46.7 Å². The average Bonchev–Trinajstić information content (AvgIpc) is 3.16. The van der Waals surface area contributed by atoms with Crippen LogP contribution in [0.3, 0.4) is 0 Å². The van der Waals surface area contributed by atoms with Gasteiger partial charge in [0.15, 0.2) is 0 Å².